The monoisotopic (exact) mass is 530 g/mol. The van der Waals surface area contributed by atoms with Gasteiger partial charge < -0.3 is 28.8 Å². The van der Waals surface area contributed by atoms with Crippen LogP contribution >= 0.6 is 0 Å². The zero-order valence-electron chi connectivity index (χ0n) is 22.5. The summed E-state index contributed by atoms with van der Waals surface area (Å²) in [5, 5.41) is 3.05. The Morgan fingerprint density at radius 1 is 0.821 bits per heavy atom. The molecule has 0 bridgehead atoms. The van der Waals surface area contributed by atoms with Crippen LogP contribution in [0.4, 0.5) is 5.69 Å². The van der Waals surface area contributed by atoms with E-state index < -0.39 is 17.1 Å². The van der Waals surface area contributed by atoms with Crippen LogP contribution in [0.5, 0.6) is 23.0 Å². The molecule has 0 saturated heterocycles. The van der Waals surface area contributed by atoms with E-state index >= 15 is 0 Å². The SMILES string of the molecule is CCc1ccc(C(=O)c2cn(CC(=O)Nc3ccc(OC)cc3OC)c3cc(OC)c(OC)cc3c2=O)cc1. The van der Waals surface area contributed by atoms with Gasteiger partial charge in [-0.1, -0.05) is 31.2 Å². The van der Waals surface area contributed by atoms with Gasteiger partial charge in [-0.05, 0) is 30.2 Å². The summed E-state index contributed by atoms with van der Waals surface area (Å²) in [7, 11) is 5.97. The van der Waals surface area contributed by atoms with E-state index in [0.717, 1.165) is 12.0 Å². The minimum atomic E-state index is -0.469. The van der Waals surface area contributed by atoms with E-state index in [9.17, 15) is 14.4 Å². The summed E-state index contributed by atoms with van der Waals surface area (Å²) >= 11 is 0. The molecule has 3 aromatic carbocycles. The Morgan fingerprint density at radius 2 is 1.49 bits per heavy atom. The van der Waals surface area contributed by atoms with Crippen molar-refractivity contribution in [3.05, 3.63) is 87.7 Å². The lowest BCUT2D eigenvalue weighted by Crippen LogP contribution is -2.24. The first-order valence-corrected chi connectivity index (χ1v) is 12.3. The number of aromatic nitrogens is 1. The largest absolute Gasteiger partial charge is 0.497 e. The molecule has 0 unspecified atom stereocenters. The fraction of sp³-hybridized carbons (Fsp3) is 0.233. The van der Waals surface area contributed by atoms with Crippen LogP contribution in [0, 0.1) is 0 Å². The number of fused-ring (bicyclic) bond motifs is 1. The van der Waals surface area contributed by atoms with Gasteiger partial charge in [0.1, 0.15) is 18.0 Å². The standard InChI is InChI=1S/C30H30N2O7/c1-6-18-7-9-19(10-8-18)29(34)22-16-32(24-15-27(39-5)26(38-4)14-21(24)30(22)35)17-28(33)31-23-12-11-20(36-2)13-25(23)37-3/h7-16H,6,17H2,1-5H3,(H,31,33). The highest BCUT2D eigenvalue weighted by molar-refractivity contribution is 6.10. The number of nitrogens with one attached hydrogen (secondary N) is 1. The molecule has 0 aliphatic rings. The Bertz CT molecular complexity index is 1590. The predicted molar refractivity (Wildman–Crippen MR) is 149 cm³/mol. The van der Waals surface area contributed by atoms with Gasteiger partial charge in [0.2, 0.25) is 11.3 Å². The van der Waals surface area contributed by atoms with E-state index in [1.165, 1.54) is 40.7 Å². The molecule has 0 atom stereocenters. The Morgan fingerprint density at radius 3 is 2.10 bits per heavy atom. The molecule has 1 heterocycles. The molecule has 202 valence electrons. The Balaban J connectivity index is 1.80. The molecule has 0 fully saturated rings. The van der Waals surface area contributed by atoms with Gasteiger partial charge in [-0.15, -0.1) is 0 Å². The molecule has 9 nitrogen and oxygen atoms in total. The molecule has 0 radical (unpaired) electrons. The van der Waals surface area contributed by atoms with E-state index in [1.54, 1.807) is 41.0 Å². The van der Waals surface area contributed by atoms with Crippen molar-refractivity contribution < 1.29 is 28.5 Å². The first kappa shape index (κ1) is 27.3. The molecule has 9 heteroatoms. The molecule has 1 aromatic heterocycles. The predicted octanol–water partition coefficient (Wildman–Crippen LogP) is 4.47. The summed E-state index contributed by atoms with van der Waals surface area (Å²) in [6, 6.07) is 15.3. The quantitative estimate of drug-likeness (QED) is 0.302. The number of ether oxygens (including phenoxy) is 4. The second-order valence-electron chi connectivity index (χ2n) is 8.72. The molecule has 0 aliphatic heterocycles. The Hall–Kier alpha value is -4.79. The number of hydrogen-bond acceptors (Lipinski definition) is 7. The van der Waals surface area contributed by atoms with Crippen molar-refractivity contribution in [1.82, 2.24) is 4.57 Å². The maximum absolute atomic E-state index is 13.5. The lowest BCUT2D eigenvalue weighted by molar-refractivity contribution is -0.116. The number of amides is 1. The number of benzene rings is 3. The lowest BCUT2D eigenvalue weighted by atomic mass is 10.0. The highest BCUT2D eigenvalue weighted by Crippen LogP contribution is 2.32. The van der Waals surface area contributed by atoms with E-state index in [-0.39, 0.29) is 17.5 Å². The molecule has 0 spiro atoms. The Labute approximate surface area is 225 Å². The minimum Gasteiger partial charge on any atom is -0.497 e. The van der Waals surface area contributed by atoms with Crippen LogP contribution in [0.15, 0.2) is 65.6 Å². The van der Waals surface area contributed by atoms with Crippen LogP contribution in [-0.4, -0.2) is 44.7 Å². The summed E-state index contributed by atoms with van der Waals surface area (Å²) in [5.41, 5.74) is 1.78. The number of ketones is 1. The first-order chi connectivity index (χ1) is 18.8. The van der Waals surface area contributed by atoms with E-state index in [0.29, 0.717) is 39.8 Å². The summed E-state index contributed by atoms with van der Waals surface area (Å²) in [4.78, 5) is 40.2. The second-order valence-corrected chi connectivity index (χ2v) is 8.72. The highest BCUT2D eigenvalue weighted by Gasteiger charge is 2.21. The fourth-order valence-corrected chi connectivity index (χ4v) is 4.30. The van der Waals surface area contributed by atoms with E-state index in [1.807, 2.05) is 19.1 Å². The molecular weight excluding hydrogens is 500 g/mol. The summed E-state index contributed by atoms with van der Waals surface area (Å²) < 4.78 is 23.0. The number of carbonyl (C=O) groups is 2. The average molecular weight is 531 g/mol. The van der Waals surface area contributed by atoms with Crippen LogP contribution in [0.2, 0.25) is 0 Å². The van der Waals surface area contributed by atoms with Crippen LogP contribution in [0.3, 0.4) is 0 Å². The van der Waals surface area contributed by atoms with Gasteiger partial charge in [0.15, 0.2) is 17.3 Å². The summed E-state index contributed by atoms with van der Waals surface area (Å²) in [5.74, 6) is 0.870. The molecular formula is C30H30N2O7. The normalized spacial score (nSPS) is 10.7. The van der Waals surface area contributed by atoms with Gasteiger partial charge in [0, 0.05) is 23.9 Å². The molecule has 39 heavy (non-hydrogen) atoms. The zero-order chi connectivity index (χ0) is 28.1. The van der Waals surface area contributed by atoms with Gasteiger partial charge >= 0.3 is 0 Å². The number of nitrogens with zero attached hydrogens (tertiary/aromatic N) is 1. The number of pyridine rings is 1. The third-order valence-electron chi connectivity index (χ3n) is 6.45. The first-order valence-electron chi connectivity index (χ1n) is 12.3. The average Bonchev–Trinajstić information content (AvgIpc) is 2.97. The van der Waals surface area contributed by atoms with Crippen molar-refractivity contribution in [2.24, 2.45) is 0 Å². The van der Waals surface area contributed by atoms with Gasteiger partial charge in [0.05, 0.1) is 50.6 Å². The third kappa shape index (κ3) is 5.57. The third-order valence-corrected chi connectivity index (χ3v) is 6.45. The number of carbonyl (C=O) groups excluding carboxylic acids is 2. The van der Waals surface area contributed by atoms with E-state index in [4.69, 9.17) is 18.9 Å². The number of hydrogen-bond donors (Lipinski definition) is 1. The van der Waals surface area contributed by atoms with Crippen LogP contribution < -0.4 is 29.7 Å². The minimum absolute atomic E-state index is 0.0613. The van der Waals surface area contributed by atoms with Gasteiger partial charge in [-0.2, -0.15) is 0 Å². The van der Waals surface area contributed by atoms with Crippen molar-refractivity contribution in [1.29, 1.82) is 0 Å². The number of aryl methyl sites for hydroxylation is 1. The van der Waals surface area contributed by atoms with Crippen LogP contribution in [-0.2, 0) is 17.8 Å². The number of anilines is 1. The molecule has 1 N–H and O–H groups in total. The van der Waals surface area contributed by atoms with Crippen LogP contribution in [0.1, 0.15) is 28.4 Å². The van der Waals surface area contributed by atoms with Crippen molar-refractivity contribution in [3.63, 3.8) is 0 Å². The number of methoxy groups -OCH3 is 4. The second kappa shape index (κ2) is 11.7. The van der Waals surface area contributed by atoms with Crippen molar-refractivity contribution in [2.45, 2.75) is 19.9 Å². The maximum Gasteiger partial charge on any atom is 0.244 e. The van der Waals surface area contributed by atoms with E-state index in [2.05, 4.69) is 5.32 Å². The van der Waals surface area contributed by atoms with Crippen molar-refractivity contribution >= 4 is 28.3 Å². The molecule has 0 saturated carbocycles. The van der Waals surface area contributed by atoms with Gasteiger partial charge in [-0.25, -0.2) is 0 Å². The molecule has 0 aliphatic carbocycles. The van der Waals surface area contributed by atoms with Crippen LogP contribution in [0.25, 0.3) is 10.9 Å². The topological polar surface area (TPSA) is 105 Å². The smallest absolute Gasteiger partial charge is 0.244 e. The molecule has 4 rings (SSSR count). The number of rotatable bonds is 10. The van der Waals surface area contributed by atoms with Crippen molar-refractivity contribution in [2.75, 3.05) is 33.8 Å². The van der Waals surface area contributed by atoms with Gasteiger partial charge in [0.25, 0.3) is 0 Å². The summed E-state index contributed by atoms with van der Waals surface area (Å²) in [6.45, 7) is 1.82. The zero-order valence-corrected chi connectivity index (χ0v) is 22.5. The molecule has 4 aromatic rings. The van der Waals surface area contributed by atoms with Gasteiger partial charge in [-0.3, -0.25) is 14.4 Å². The molecule has 1 amide bonds. The van der Waals surface area contributed by atoms with Crippen molar-refractivity contribution in [3.8, 4) is 23.0 Å². The lowest BCUT2D eigenvalue weighted by Gasteiger charge is -2.17. The Kier molecular flexibility index (Phi) is 8.19. The summed E-state index contributed by atoms with van der Waals surface area (Å²) in [6.07, 6.45) is 2.24. The maximum atomic E-state index is 13.5. The highest BCUT2D eigenvalue weighted by atomic mass is 16.5. The fourth-order valence-electron chi connectivity index (χ4n) is 4.30.